The van der Waals surface area contributed by atoms with Gasteiger partial charge in [-0.25, -0.2) is 4.98 Å². The van der Waals surface area contributed by atoms with E-state index in [4.69, 9.17) is 21.3 Å². The van der Waals surface area contributed by atoms with E-state index in [0.717, 1.165) is 10.9 Å². The van der Waals surface area contributed by atoms with Gasteiger partial charge in [0, 0.05) is 0 Å². The van der Waals surface area contributed by atoms with E-state index in [1.165, 1.54) is 0 Å². The lowest BCUT2D eigenvalue weighted by Gasteiger charge is -2.27. The van der Waals surface area contributed by atoms with Gasteiger partial charge in [0.05, 0.1) is 18.7 Å². The summed E-state index contributed by atoms with van der Waals surface area (Å²) in [5.41, 5.74) is 10.8. The Hall–Kier alpha value is -1.72. The maximum atomic E-state index is 10.8. The number of aromatic nitrogens is 2. The van der Waals surface area contributed by atoms with E-state index in [1.54, 1.807) is 0 Å². The molecule has 1 fully saturated rings. The fourth-order valence-electron chi connectivity index (χ4n) is 2.08. The molecule has 1 aromatic rings. The van der Waals surface area contributed by atoms with Crippen LogP contribution in [0.25, 0.3) is 0 Å². The highest BCUT2D eigenvalue weighted by molar-refractivity contribution is 5.77. The zero-order chi connectivity index (χ0) is 15.1. The molecule has 10 heteroatoms. The third kappa shape index (κ3) is 2.13. The number of primary amides is 1. The van der Waals surface area contributed by atoms with Crippen LogP contribution in [0.1, 0.15) is 5.69 Å². The molecule has 4 atom stereocenters. The number of rotatable bonds is 4. The van der Waals surface area contributed by atoms with Crippen molar-refractivity contribution in [2.24, 2.45) is 5.73 Å². The summed E-state index contributed by atoms with van der Waals surface area (Å²) in [5, 5.41) is 38.8. The van der Waals surface area contributed by atoms with Crippen LogP contribution in [0.2, 0.25) is 0 Å². The van der Waals surface area contributed by atoms with Crippen LogP contribution in [-0.4, -0.2) is 60.8 Å². The molecule has 1 aliphatic rings. The summed E-state index contributed by atoms with van der Waals surface area (Å²) in [4.78, 5) is 14.6. The lowest BCUT2D eigenvalue weighted by Crippen LogP contribution is -2.45. The average molecular weight is 288 g/mol. The number of ether oxygens (including phenoxy) is 1. The van der Waals surface area contributed by atoms with Gasteiger partial charge in [0.25, 0.3) is 5.91 Å². The first-order valence-electron chi connectivity index (χ1n) is 5.79. The molecule has 1 aliphatic heterocycles. The maximum absolute atomic E-state index is 10.8. The van der Waals surface area contributed by atoms with Crippen LogP contribution in [0.3, 0.4) is 0 Å². The Morgan fingerprint density at radius 1 is 1.55 bits per heavy atom. The highest BCUT2D eigenvalue weighted by atomic mass is 16.7. The first-order chi connectivity index (χ1) is 9.31. The van der Waals surface area contributed by atoms with Crippen molar-refractivity contribution in [1.82, 2.24) is 9.55 Å². The molecule has 1 aromatic heterocycles. The smallest absolute Gasteiger partial charge is 0.286 e. The van der Waals surface area contributed by atoms with Gasteiger partial charge in [0.1, 0.15) is 24.4 Å². The number of amides is 1. The number of aliphatic hydroxyl groups excluding tert-OH is 3. The number of carbonyl (C=O) groups is 1. The second-order valence-electron chi connectivity index (χ2n) is 4.52. The normalized spacial score (nSPS) is 33.5. The molecule has 0 spiro atoms. The van der Waals surface area contributed by atoms with Crippen LogP contribution < -0.4 is 11.5 Å². The number of nitrogens with zero attached hydrogens (tertiary/aromatic N) is 2. The first-order valence-corrected chi connectivity index (χ1v) is 5.79. The molecule has 2 heterocycles. The Labute approximate surface area is 113 Å². The minimum atomic E-state index is -2.39. The molecule has 0 radical (unpaired) electrons. The van der Waals surface area contributed by atoms with Crippen LogP contribution in [0, 0.1) is 0 Å². The number of nitrogens with two attached hydrogens (primary N) is 2. The zero-order valence-corrected chi connectivity index (χ0v) is 10.4. The molecule has 8 N–H and O–H groups in total. The quantitative estimate of drug-likeness (QED) is 0.326. The third-order valence-corrected chi connectivity index (χ3v) is 3.17. The Balaban J connectivity index is 2.36. The second-order valence-corrected chi connectivity index (χ2v) is 4.52. The van der Waals surface area contributed by atoms with Crippen molar-refractivity contribution < 1.29 is 30.0 Å². The van der Waals surface area contributed by atoms with Gasteiger partial charge in [-0.2, -0.15) is 0 Å². The summed E-state index contributed by atoms with van der Waals surface area (Å²) in [7, 11) is 0. The molecule has 0 unspecified atom stereocenters. The summed E-state index contributed by atoms with van der Waals surface area (Å²) < 4.78 is 5.91. The monoisotopic (exact) mass is 288 g/mol. The number of anilines is 1. The minimum Gasteiger partial charge on any atom is -0.394 e. The summed E-state index contributed by atoms with van der Waals surface area (Å²) in [6.07, 6.45) is -3.65. The van der Waals surface area contributed by atoms with Gasteiger partial charge >= 0.3 is 0 Å². The molecule has 0 saturated carbocycles. The van der Waals surface area contributed by atoms with Gasteiger partial charge in [0.2, 0.25) is 5.91 Å². The Morgan fingerprint density at radius 3 is 2.70 bits per heavy atom. The minimum absolute atomic E-state index is 0.101. The van der Waals surface area contributed by atoms with Crippen LogP contribution in [0.4, 0.5) is 5.82 Å². The van der Waals surface area contributed by atoms with E-state index >= 15 is 0 Å². The molecule has 0 aromatic carbocycles. The summed E-state index contributed by atoms with van der Waals surface area (Å²) in [6, 6.07) is 0. The van der Waals surface area contributed by atoms with E-state index in [9.17, 15) is 20.1 Å². The summed E-state index contributed by atoms with van der Waals surface area (Å²) in [6.45, 7) is -0.608. The fourth-order valence-corrected chi connectivity index (χ4v) is 2.08. The fraction of sp³-hybridized carbons (Fsp3) is 0.600. The van der Waals surface area contributed by atoms with Crippen molar-refractivity contribution >= 4 is 11.7 Å². The Kier molecular flexibility index (Phi) is 3.67. The lowest BCUT2D eigenvalue weighted by molar-refractivity contribution is -0.287. The molecule has 20 heavy (non-hydrogen) atoms. The molecule has 1 saturated heterocycles. The number of hydrogen-bond donors (Lipinski definition) is 6. The number of imidazole rings is 1. The van der Waals surface area contributed by atoms with Crippen molar-refractivity contribution in [2.45, 2.75) is 30.6 Å². The highest BCUT2D eigenvalue weighted by Crippen LogP contribution is 2.35. The molecule has 2 rings (SSSR count). The number of hydrogen-bond acceptors (Lipinski definition) is 8. The predicted molar refractivity (Wildman–Crippen MR) is 63.7 cm³/mol. The van der Waals surface area contributed by atoms with Gasteiger partial charge in [0.15, 0.2) is 6.10 Å². The molecule has 112 valence electrons. The average Bonchev–Trinajstić information content (AvgIpc) is 2.84. The Bertz CT molecular complexity index is 520. The molecule has 10 nitrogen and oxygen atoms in total. The lowest BCUT2D eigenvalue weighted by atomic mass is 10.1. The van der Waals surface area contributed by atoms with E-state index in [1.807, 2.05) is 0 Å². The van der Waals surface area contributed by atoms with Crippen molar-refractivity contribution in [1.29, 1.82) is 0 Å². The standard InChI is InChI=1S/C10H16N4O6/c11-6(16)1-4-9(12)14(3-13-4)10(19)8(18)7(17)5(2-15)20-10/h3,5,7-8,15,17-19H,1-2,12H2,(H2,11,16)/t5-,7-,8-,10+/m1/s1. The van der Waals surface area contributed by atoms with Gasteiger partial charge in [-0.15, -0.1) is 0 Å². The largest absolute Gasteiger partial charge is 0.394 e. The molecule has 0 aliphatic carbocycles. The maximum Gasteiger partial charge on any atom is 0.286 e. The zero-order valence-electron chi connectivity index (χ0n) is 10.4. The third-order valence-electron chi connectivity index (χ3n) is 3.17. The van der Waals surface area contributed by atoms with Crippen LogP contribution >= 0.6 is 0 Å². The number of nitrogen functional groups attached to an aromatic ring is 1. The highest BCUT2D eigenvalue weighted by Gasteiger charge is 2.55. The topological polar surface area (TPSA) is 177 Å². The van der Waals surface area contributed by atoms with Crippen molar-refractivity contribution in [3.8, 4) is 0 Å². The summed E-state index contributed by atoms with van der Waals surface area (Å²) in [5.74, 6) is -3.20. The first kappa shape index (κ1) is 14.7. The van der Waals surface area contributed by atoms with Crippen LogP contribution in [0.5, 0.6) is 0 Å². The van der Waals surface area contributed by atoms with Gasteiger partial charge in [-0.1, -0.05) is 0 Å². The Morgan fingerprint density at radius 2 is 2.20 bits per heavy atom. The number of carbonyl (C=O) groups excluding carboxylic acids is 1. The molecular formula is C10H16N4O6. The van der Waals surface area contributed by atoms with E-state index in [2.05, 4.69) is 4.98 Å². The van der Waals surface area contributed by atoms with Crippen molar-refractivity contribution in [3.05, 3.63) is 12.0 Å². The van der Waals surface area contributed by atoms with Gasteiger partial charge in [-0.3, -0.25) is 9.36 Å². The van der Waals surface area contributed by atoms with Crippen LogP contribution in [0.15, 0.2) is 6.33 Å². The van der Waals surface area contributed by atoms with E-state index in [-0.39, 0.29) is 17.9 Å². The molecule has 0 bridgehead atoms. The number of aliphatic hydroxyl groups is 4. The molecule has 1 amide bonds. The van der Waals surface area contributed by atoms with Crippen molar-refractivity contribution in [3.63, 3.8) is 0 Å². The van der Waals surface area contributed by atoms with Gasteiger partial charge in [-0.05, 0) is 0 Å². The van der Waals surface area contributed by atoms with E-state index < -0.39 is 36.7 Å². The SMILES string of the molecule is NC(=O)Cc1ncn([C@@]2(O)O[C@H](CO)[C@@H](O)[C@H]2O)c1N. The summed E-state index contributed by atoms with van der Waals surface area (Å²) >= 11 is 0. The second kappa shape index (κ2) is 5.00. The molecular weight excluding hydrogens is 272 g/mol. The van der Waals surface area contributed by atoms with Crippen LogP contribution in [-0.2, 0) is 21.9 Å². The van der Waals surface area contributed by atoms with E-state index in [0.29, 0.717) is 0 Å². The predicted octanol–water partition coefficient (Wildman–Crippen LogP) is -3.79. The van der Waals surface area contributed by atoms with Gasteiger partial charge < -0.3 is 36.6 Å². The van der Waals surface area contributed by atoms with Crippen molar-refractivity contribution in [2.75, 3.05) is 12.3 Å².